The molecule has 0 spiro atoms. The molecule has 0 aliphatic carbocycles. The fourth-order valence-corrected chi connectivity index (χ4v) is 2.34. The summed E-state index contributed by atoms with van der Waals surface area (Å²) in [5.41, 5.74) is 1.48. The molecule has 1 N–H and O–H groups in total. The molecule has 2 amide bonds. The Morgan fingerprint density at radius 2 is 2.05 bits per heavy atom. The molecule has 1 aliphatic heterocycles. The van der Waals surface area contributed by atoms with E-state index in [0.29, 0.717) is 18.7 Å². The van der Waals surface area contributed by atoms with Gasteiger partial charge in [-0.3, -0.25) is 9.59 Å². The third-order valence-corrected chi connectivity index (χ3v) is 4.84. The lowest BCUT2D eigenvalue weighted by atomic mass is 10.1. The number of halogens is 1. The molecule has 1 heterocycles. The minimum absolute atomic E-state index is 0.0842. The Kier molecular flexibility index (Phi) is 4.81. The Hall–Kier alpha value is -1.36. The second-order valence-electron chi connectivity index (χ2n) is 5.30. The van der Waals surface area contributed by atoms with Gasteiger partial charge in [-0.1, -0.05) is 41.9 Å². The highest BCUT2D eigenvalue weighted by molar-refractivity contribution is 9.10. The van der Waals surface area contributed by atoms with E-state index < -0.39 is 0 Å². The maximum atomic E-state index is 12.1. The highest BCUT2D eigenvalue weighted by atomic mass is 79.9. The van der Waals surface area contributed by atoms with Crippen LogP contribution in [0.15, 0.2) is 24.3 Å². The Labute approximate surface area is 127 Å². The second kappa shape index (κ2) is 6.39. The number of hydrogen-bond acceptors (Lipinski definition) is 2. The van der Waals surface area contributed by atoms with Crippen molar-refractivity contribution in [2.45, 2.75) is 31.5 Å². The van der Waals surface area contributed by atoms with Crippen molar-refractivity contribution in [3.63, 3.8) is 0 Å². The van der Waals surface area contributed by atoms with Gasteiger partial charge in [-0.25, -0.2) is 0 Å². The van der Waals surface area contributed by atoms with Crippen molar-refractivity contribution in [1.29, 1.82) is 0 Å². The molecule has 0 radical (unpaired) electrons. The molecule has 2 rings (SSSR count). The molecule has 0 bridgehead atoms. The van der Waals surface area contributed by atoms with Gasteiger partial charge in [0.25, 0.3) is 0 Å². The zero-order chi connectivity index (χ0) is 14.7. The normalized spacial score (nSPS) is 16.6. The molecule has 1 atom stereocenters. The van der Waals surface area contributed by atoms with Crippen LogP contribution in [-0.4, -0.2) is 23.2 Å². The SMILES string of the molecule is CC(C)C(Br)C(=O)Nc1ccccc1N1CCCC1=O. The number of anilines is 2. The average molecular weight is 339 g/mol. The molecule has 1 aromatic carbocycles. The molecule has 20 heavy (non-hydrogen) atoms. The molecule has 1 unspecified atom stereocenters. The number of rotatable bonds is 4. The lowest BCUT2D eigenvalue weighted by Crippen LogP contribution is -2.29. The number of benzene rings is 1. The van der Waals surface area contributed by atoms with E-state index in [-0.39, 0.29) is 22.6 Å². The molecule has 1 aliphatic rings. The number of para-hydroxylation sites is 2. The van der Waals surface area contributed by atoms with Crippen LogP contribution in [0.3, 0.4) is 0 Å². The van der Waals surface area contributed by atoms with Crippen LogP contribution < -0.4 is 10.2 Å². The van der Waals surface area contributed by atoms with Gasteiger partial charge in [0.2, 0.25) is 11.8 Å². The van der Waals surface area contributed by atoms with Crippen molar-refractivity contribution in [1.82, 2.24) is 0 Å². The molecule has 4 nitrogen and oxygen atoms in total. The summed E-state index contributed by atoms with van der Waals surface area (Å²) in [6.07, 6.45) is 1.45. The van der Waals surface area contributed by atoms with Crippen LogP contribution in [0, 0.1) is 5.92 Å². The monoisotopic (exact) mass is 338 g/mol. The van der Waals surface area contributed by atoms with Gasteiger partial charge in [0.05, 0.1) is 16.2 Å². The summed E-state index contributed by atoms with van der Waals surface area (Å²) >= 11 is 3.39. The third-order valence-electron chi connectivity index (χ3n) is 3.36. The van der Waals surface area contributed by atoms with Gasteiger partial charge in [0.15, 0.2) is 0 Å². The zero-order valence-electron chi connectivity index (χ0n) is 11.7. The molecule has 5 heteroatoms. The standard InChI is InChI=1S/C15H19BrN2O2/c1-10(2)14(16)15(20)17-11-6-3-4-7-12(11)18-9-5-8-13(18)19/h3-4,6-7,10,14H,5,8-9H2,1-2H3,(H,17,20). The van der Waals surface area contributed by atoms with Gasteiger partial charge in [0.1, 0.15) is 0 Å². The number of nitrogens with one attached hydrogen (secondary N) is 1. The Bertz CT molecular complexity index is 516. The maximum Gasteiger partial charge on any atom is 0.238 e. The summed E-state index contributed by atoms with van der Waals surface area (Å²) < 4.78 is 0. The summed E-state index contributed by atoms with van der Waals surface area (Å²) in [6, 6.07) is 7.44. The van der Waals surface area contributed by atoms with Crippen LogP contribution in [0.5, 0.6) is 0 Å². The molecule has 1 fully saturated rings. The van der Waals surface area contributed by atoms with E-state index in [2.05, 4.69) is 21.2 Å². The maximum absolute atomic E-state index is 12.1. The molecule has 1 saturated heterocycles. The minimum atomic E-state index is -0.246. The van der Waals surface area contributed by atoms with Gasteiger partial charge < -0.3 is 10.2 Å². The van der Waals surface area contributed by atoms with E-state index in [4.69, 9.17) is 0 Å². The van der Waals surface area contributed by atoms with Gasteiger partial charge in [-0.2, -0.15) is 0 Å². The highest BCUT2D eigenvalue weighted by Gasteiger charge is 2.25. The Morgan fingerprint density at radius 3 is 2.65 bits per heavy atom. The summed E-state index contributed by atoms with van der Waals surface area (Å²) in [5, 5.41) is 2.91. The first-order valence-corrected chi connectivity index (χ1v) is 7.76. The lowest BCUT2D eigenvalue weighted by molar-refractivity contribution is -0.117. The van der Waals surface area contributed by atoms with Gasteiger partial charge in [-0.05, 0) is 24.5 Å². The summed E-state index contributed by atoms with van der Waals surface area (Å²) in [7, 11) is 0. The predicted molar refractivity (Wildman–Crippen MR) is 84.2 cm³/mol. The summed E-state index contributed by atoms with van der Waals surface area (Å²) in [4.78, 5) is 25.5. The smallest absolute Gasteiger partial charge is 0.238 e. The summed E-state index contributed by atoms with van der Waals surface area (Å²) in [5.74, 6) is 0.237. The number of amides is 2. The zero-order valence-corrected chi connectivity index (χ0v) is 13.3. The molecule has 0 aromatic heterocycles. The van der Waals surface area contributed by atoms with E-state index in [1.165, 1.54) is 0 Å². The highest BCUT2D eigenvalue weighted by Crippen LogP contribution is 2.30. The van der Waals surface area contributed by atoms with Crippen molar-refractivity contribution >= 4 is 39.1 Å². The van der Waals surface area contributed by atoms with Crippen LogP contribution in [0.25, 0.3) is 0 Å². The van der Waals surface area contributed by atoms with Gasteiger partial charge in [-0.15, -0.1) is 0 Å². The van der Waals surface area contributed by atoms with E-state index in [1.807, 2.05) is 38.1 Å². The first-order valence-electron chi connectivity index (χ1n) is 6.85. The van der Waals surface area contributed by atoms with Crippen molar-refractivity contribution in [2.24, 2.45) is 5.92 Å². The van der Waals surface area contributed by atoms with E-state index >= 15 is 0 Å². The Morgan fingerprint density at radius 1 is 1.35 bits per heavy atom. The quantitative estimate of drug-likeness (QED) is 0.857. The number of nitrogens with zero attached hydrogens (tertiary/aromatic N) is 1. The van der Waals surface area contributed by atoms with Crippen LogP contribution in [0.1, 0.15) is 26.7 Å². The number of alkyl halides is 1. The molecular weight excluding hydrogens is 320 g/mol. The van der Waals surface area contributed by atoms with Crippen LogP contribution in [0.2, 0.25) is 0 Å². The van der Waals surface area contributed by atoms with E-state index in [0.717, 1.165) is 12.1 Å². The molecule has 108 valence electrons. The predicted octanol–water partition coefficient (Wildman–Crippen LogP) is 3.17. The van der Waals surface area contributed by atoms with Crippen LogP contribution in [0.4, 0.5) is 11.4 Å². The molecule has 1 aromatic rings. The van der Waals surface area contributed by atoms with Crippen molar-refractivity contribution < 1.29 is 9.59 Å². The number of hydrogen-bond donors (Lipinski definition) is 1. The van der Waals surface area contributed by atoms with Gasteiger partial charge in [0, 0.05) is 13.0 Å². The van der Waals surface area contributed by atoms with Crippen LogP contribution >= 0.6 is 15.9 Å². The van der Waals surface area contributed by atoms with Crippen molar-refractivity contribution in [3.8, 4) is 0 Å². The number of carbonyl (C=O) groups excluding carboxylic acids is 2. The van der Waals surface area contributed by atoms with Crippen molar-refractivity contribution in [2.75, 3.05) is 16.8 Å². The summed E-state index contributed by atoms with van der Waals surface area (Å²) in [6.45, 7) is 4.68. The first-order chi connectivity index (χ1) is 9.50. The first kappa shape index (κ1) is 15.0. The molecular formula is C15H19BrN2O2. The topological polar surface area (TPSA) is 49.4 Å². The Balaban J connectivity index is 2.20. The van der Waals surface area contributed by atoms with Gasteiger partial charge >= 0.3 is 0 Å². The largest absolute Gasteiger partial charge is 0.323 e. The molecule has 0 saturated carbocycles. The van der Waals surface area contributed by atoms with E-state index in [9.17, 15) is 9.59 Å². The fraction of sp³-hybridized carbons (Fsp3) is 0.467. The lowest BCUT2D eigenvalue weighted by Gasteiger charge is -2.21. The minimum Gasteiger partial charge on any atom is -0.323 e. The third kappa shape index (κ3) is 3.20. The average Bonchev–Trinajstić information content (AvgIpc) is 2.84. The van der Waals surface area contributed by atoms with Crippen LogP contribution in [-0.2, 0) is 9.59 Å². The second-order valence-corrected chi connectivity index (χ2v) is 6.29. The van der Waals surface area contributed by atoms with Crippen molar-refractivity contribution in [3.05, 3.63) is 24.3 Å². The van der Waals surface area contributed by atoms with E-state index in [1.54, 1.807) is 4.90 Å². The fourth-order valence-electron chi connectivity index (χ4n) is 2.22. The number of carbonyl (C=O) groups is 2.